The van der Waals surface area contributed by atoms with Crippen molar-refractivity contribution in [3.63, 3.8) is 0 Å². The normalized spacial score (nSPS) is 25.7. The van der Waals surface area contributed by atoms with Gasteiger partial charge < -0.3 is 24.4 Å². The Hall–Kier alpha value is -4.16. The van der Waals surface area contributed by atoms with Gasteiger partial charge >= 0.3 is 0 Å². The molecule has 5 atom stereocenters. The summed E-state index contributed by atoms with van der Waals surface area (Å²) in [6.45, 7) is 5.76. The topological polar surface area (TPSA) is 125 Å². The van der Waals surface area contributed by atoms with Gasteiger partial charge in [-0.2, -0.15) is 9.78 Å². The number of likely N-dealkylation sites (N-methyl/N-ethyl adjacent to an activating group) is 1. The highest BCUT2D eigenvalue weighted by Gasteiger charge is 2.66. The van der Waals surface area contributed by atoms with Gasteiger partial charge in [0.1, 0.15) is 0 Å². The highest BCUT2D eigenvalue weighted by atomic mass is 28.4. The summed E-state index contributed by atoms with van der Waals surface area (Å²) in [7, 11) is -1.32. The summed E-state index contributed by atoms with van der Waals surface area (Å²) in [6.07, 6.45) is 1.42. The maximum atomic E-state index is 14.2. The average Bonchev–Trinajstić information content (AvgIpc) is 3.46. The van der Waals surface area contributed by atoms with Crippen molar-refractivity contribution in [2.75, 3.05) is 18.6 Å². The highest BCUT2D eigenvalue weighted by Crippen LogP contribution is 2.59. The van der Waals surface area contributed by atoms with Crippen molar-refractivity contribution >= 4 is 36.6 Å². The summed E-state index contributed by atoms with van der Waals surface area (Å²) < 4.78 is 8.15. The number of aliphatic hydroxyl groups is 1. The number of amides is 2. The van der Waals surface area contributed by atoms with Crippen LogP contribution in [-0.4, -0.2) is 70.5 Å². The lowest BCUT2D eigenvalue weighted by Crippen LogP contribution is -2.48. The van der Waals surface area contributed by atoms with E-state index in [4.69, 9.17) is 4.74 Å². The molecule has 2 amide bonds. The molecule has 0 aliphatic carbocycles. The second kappa shape index (κ2) is 11.0. The van der Waals surface area contributed by atoms with Crippen molar-refractivity contribution in [3.8, 4) is 5.69 Å². The number of anilines is 1. The number of benzene rings is 3. The van der Waals surface area contributed by atoms with Crippen molar-refractivity contribution in [3.05, 3.63) is 100.0 Å². The highest BCUT2D eigenvalue weighted by molar-refractivity contribution is 6.71. The summed E-state index contributed by atoms with van der Waals surface area (Å²) in [4.78, 5) is 56.6. The van der Waals surface area contributed by atoms with E-state index < -0.39 is 31.5 Å². The molecule has 4 heterocycles. The Morgan fingerprint density at radius 2 is 1.78 bits per heavy atom. The van der Waals surface area contributed by atoms with Gasteiger partial charge in [-0.1, -0.05) is 49.4 Å². The minimum Gasteiger partial charge on any atom is -0.432 e. The molecule has 10 nitrogen and oxygen atoms in total. The standard InChI is InChI=1S/C35H38N4O6Si/c1-21-32(46(3,4)44)30(17-31(41)38-19-24-11-6-5-9-22(24)15-26(38)20-40)45-35(21)28-16-25(13-14-29(28)37(2)34(35)43)39-33(42)27-12-8-7-10-23(27)18-36-39/h5-14,16,18,21,26,30,32,40,44H,15,17,19-20H2,1-4H3/t21-,26-,30+,32-,35+/m0/s1. The first-order chi connectivity index (χ1) is 22.0. The number of carbonyl (C=O) groups excluding carboxylic acids is 2. The molecule has 3 aromatic carbocycles. The fourth-order valence-electron chi connectivity index (χ4n) is 8.11. The van der Waals surface area contributed by atoms with E-state index in [0.29, 0.717) is 35.3 Å². The zero-order valence-electron chi connectivity index (χ0n) is 26.4. The molecule has 0 bridgehead atoms. The average molecular weight is 639 g/mol. The van der Waals surface area contributed by atoms with Gasteiger partial charge in [0.25, 0.3) is 11.5 Å². The molecule has 7 rings (SSSR count). The SMILES string of the molecule is C[C@H]1[C@H]([Si](C)(C)O)[C@@H](CC(=O)N2Cc3ccccc3C[C@H]2CO)O[C@]12C(=O)N(C)c1ccc(-n3ncc4ccccc4c3=O)cc12. The predicted octanol–water partition coefficient (Wildman–Crippen LogP) is 3.50. The Morgan fingerprint density at radius 3 is 2.52 bits per heavy atom. The fourth-order valence-corrected chi connectivity index (χ4v) is 10.7. The lowest BCUT2D eigenvalue weighted by atomic mass is 9.82. The van der Waals surface area contributed by atoms with E-state index in [1.54, 1.807) is 53.4 Å². The predicted molar refractivity (Wildman–Crippen MR) is 176 cm³/mol. The van der Waals surface area contributed by atoms with E-state index in [1.807, 2.05) is 56.4 Å². The number of carbonyl (C=O) groups is 2. The number of ether oxygens (including phenoxy) is 1. The molecular formula is C35H38N4O6Si. The van der Waals surface area contributed by atoms with Gasteiger partial charge in [-0.25, -0.2) is 0 Å². The zero-order chi connectivity index (χ0) is 32.5. The maximum Gasteiger partial charge on any atom is 0.279 e. The molecule has 1 aromatic heterocycles. The second-order valence-corrected chi connectivity index (χ2v) is 17.4. The van der Waals surface area contributed by atoms with Crippen LogP contribution in [0, 0.1) is 5.92 Å². The number of hydrogen-bond donors (Lipinski definition) is 2. The summed E-state index contributed by atoms with van der Waals surface area (Å²) in [6, 6.07) is 20.1. The van der Waals surface area contributed by atoms with Gasteiger partial charge in [0.2, 0.25) is 5.91 Å². The fraction of sp³-hybridized carbons (Fsp3) is 0.371. The summed E-state index contributed by atoms with van der Waals surface area (Å²) in [5.74, 6) is -0.935. The summed E-state index contributed by atoms with van der Waals surface area (Å²) in [5.41, 5.74) is 1.68. The quantitative estimate of drug-likeness (QED) is 0.321. The number of rotatable bonds is 5. The Morgan fingerprint density at radius 1 is 1.07 bits per heavy atom. The molecule has 1 saturated heterocycles. The van der Waals surface area contributed by atoms with Crippen LogP contribution in [0.15, 0.2) is 77.7 Å². The molecule has 0 radical (unpaired) electrons. The molecule has 11 heteroatoms. The van der Waals surface area contributed by atoms with Crippen LogP contribution >= 0.6 is 0 Å². The van der Waals surface area contributed by atoms with Gasteiger partial charge in [-0.05, 0) is 54.9 Å². The van der Waals surface area contributed by atoms with Crippen LogP contribution in [0.2, 0.25) is 18.6 Å². The lowest BCUT2D eigenvalue weighted by molar-refractivity contribution is -0.150. The molecular weight excluding hydrogens is 600 g/mol. The molecule has 3 aliphatic rings. The lowest BCUT2D eigenvalue weighted by Gasteiger charge is -2.37. The molecule has 238 valence electrons. The zero-order valence-corrected chi connectivity index (χ0v) is 27.4. The largest absolute Gasteiger partial charge is 0.432 e. The van der Waals surface area contributed by atoms with Crippen LogP contribution in [0.4, 0.5) is 5.69 Å². The van der Waals surface area contributed by atoms with Crippen LogP contribution < -0.4 is 10.5 Å². The van der Waals surface area contributed by atoms with E-state index in [0.717, 1.165) is 16.5 Å². The number of nitrogens with zero attached hydrogens (tertiary/aromatic N) is 4. The van der Waals surface area contributed by atoms with Crippen molar-refractivity contribution < 1.29 is 24.2 Å². The summed E-state index contributed by atoms with van der Waals surface area (Å²) in [5, 5.41) is 15.9. The minimum absolute atomic E-state index is 0.0376. The summed E-state index contributed by atoms with van der Waals surface area (Å²) >= 11 is 0. The first-order valence-corrected chi connectivity index (χ1v) is 18.8. The third kappa shape index (κ3) is 4.56. The maximum absolute atomic E-state index is 14.2. The number of hydrogen-bond acceptors (Lipinski definition) is 7. The monoisotopic (exact) mass is 638 g/mol. The Balaban J connectivity index is 1.28. The van der Waals surface area contributed by atoms with Crippen molar-refractivity contribution in [2.45, 2.75) is 62.7 Å². The molecule has 4 aromatic rings. The third-order valence-corrected chi connectivity index (χ3v) is 12.8. The molecule has 0 unspecified atom stereocenters. The molecule has 1 fully saturated rings. The van der Waals surface area contributed by atoms with E-state index in [2.05, 4.69) is 5.10 Å². The van der Waals surface area contributed by atoms with Gasteiger partial charge in [-0.15, -0.1) is 0 Å². The van der Waals surface area contributed by atoms with Gasteiger partial charge in [0.15, 0.2) is 13.9 Å². The van der Waals surface area contributed by atoms with Crippen LogP contribution in [-0.2, 0) is 32.9 Å². The first-order valence-electron chi connectivity index (χ1n) is 15.7. The Kier molecular flexibility index (Phi) is 7.28. The Labute approximate surface area is 268 Å². The van der Waals surface area contributed by atoms with Crippen LogP contribution in [0.1, 0.15) is 30.0 Å². The van der Waals surface area contributed by atoms with E-state index in [1.165, 1.54) is 4.68 Å². The van der Waals surface area contributed by atoms with Gasteiger partial charge in [0, 0.05) is 36.0 Å². The number of aromatic nitrogens is 2. The minimum atomic E-state index is -3.02. The number of fused-ring (bicyclic) bond motifs is 4. The van der Waals surface area contributed by atoms with E-state index in [-0.39, 0.29) is 36.4 Å². The molecule has 46 heavy (non-hydrogen) atoms. The van der Waals surface area contributed by atoms with Gasteiger partial charge in [0.05, 0.1) is 48.1 Å². The van der Waals surface area contributed by atoms with Crippen LogP contribution in [0.3, 0.4) is 0 Å². The second-order valence-electron chi connectivity index (χ2n) is 13.4. The van der Waals surface area contributed by atoms with E-state index in [9.17, 15) is 24.3 Å². The number of aliphatic hydroxyl groups excluding tert-OH is 1. The van der Waals surface area contributed by atoms with Crippen molar-refractivity contribution in [1.82, 2.24) is 14.7 Å². The van der Waals surface area contributed by atoms with Crippen LogP contribution in [0.5, 0.6) is 0 Å². The van der Waals surface area contributed by atoms with E-state index >= 15 is 0 Å². The smallest absolute Gasteiger partial charge is 0.279 e. The Bertz CT molecular complexity index is 1940. The first kappa shape index (κ1) is 30.5. The molecule has 0 saturated carbocycles. The molecule has 2 N–H and O–H groups in total. The van der Waals surface area contributed by atoms with Crippen molar-refractivity contribution in [1.29, 1.82) is 0 Å². The van der Waals surface area contributed by atoms with Crippen LogP contribution in [0.25, 0.3) is 16.5 Å². The van der Waals surface area contributed by atoms with Gasteiger partial charge in [-0.3, -0.25) is 14.4 Å². The third-order valence-electron chi connectivity index (χ3n) is 10.3. The van der Waals surface area contributed by atoms with Crippen molar-refractivity contribution in [2.24, 2.45) is 5.92 Å². The molecule has 1 spiro atoms. The molecule has 3 aliphatic heterocycles.